The van der Waals surface area contributed by atoms with E-state index in [9.17, 15) is 4.79 Å². The Kier molecular flexibility index (Phi) is 2.81. The maximum Gasteiger partial charge on any atom is 0.304 e. The number of hydrogen-bond acceptors (Lipinski definition) is 3. The van der Waals surface area contributed by atoms with Gasteiger partial charge in [0.2, 0.25) is 5.88 Å². The van der Waals surface area contributed by atoms with Crippen LogP contribution in [0, 0.1) is 0 Å². The molecule has 0 spiro atoms. The van der Waals surface area contributed by atoms with E-state index in [2.05, 4.69) is 4.98 Å². The van der Waals surface area contributed by atoms with Crippen LogP contribution in [0.1, 0.15) is 31.2 Å². The van der Waals surface area contributed by atoms with Crippen molar-refractivity contribution in [1.29, 1.82) is 0 Å². The molecule has 0 aliphatic heterocycles. The molecule has 1 aromatic heterocycles. The fourth-order valence-corrected chi connectivity index (χ4v) is 2.28. The third-order valence-corrected chi connectivity index (χ3v) is 3.36. The summed E-state index contributed by atoms with van der Waals surface area (Å²) in [6.45, 7) is 0. The lowest BCUT2D eigenvalue weighted by Gasteiger charge is -2.41. The average Bonchev–Trinajstić information content (AvgIpc) is 2.23. The molecular weight excluding hydrogens is 206 g/mol. The van der Waals surface area contributed by atoms with E-state index in [0.29, 0.717) is 5.88 Å². The Morgan fingerprint density at radius 3 is 2.69 bits per heavy atom. The minimum atomic E-state index is -0.740. The Balaban J connectivity index is 2.22. The van der Waals surface area contributed by atoms with Gasteiger partial charge in [0.15, 0.2) is 0 Å². The van der Waals surface area contributed by atoms with Gasteiger partial charge < -0.3 is 9.84 Å². The molecule has 4 nitrogen and oxygen atoms in total. The second-order valence-electron chi connectivity index (χ2n) is 4.29. The van der Waals surface area contributed by atoms with Crippen molar-refractivity contribution in [3.05, 3.63) is 23.9 Å². The first-order valence-corrected chi connectivity index (χ1v) is 5.39. The molecule has 16 heavy (non-hydrogen) atoms. The molecule has 1 N–H and O–H groups in total. The number of rotatable bonds is 4. The van der Waals surface area contributed by atoms with Crippen LogP contribution in [0.5, 0.6) is 5.88 Å². The third kappa shape index (κ3) is 1.87. The Morgan fingerprint density at radius 2 is 2.31 bits per heavy atom. The summed E-state index contributed by atoms with van der Waals surface area (Å²) in [5.41, 5.74) is 0.826. The van der Waals surface area contributed by atoms with Crippen LogP contribution >= 0.6 is 0 Å². The zero-order valence-electron chi connectivity index (χ0n) is 9.27. The molecule has 1 aliphatic rings. The van der Waals surface area contributed by atoms with Crippen molar-refractivity contribution in [1.82, 2.24) is 4.98 Å². The van der Waals surface area contributed by atoms with E-state index in [4.69, 9.17) is 9.84 Å². The van der Waals surface area contributed by atoms with Gasteiger partial charge in [-0.25, -0.2) is 4.98 Å². The largest absolute Gasteiger partial charge is 0.481 e. The van der Waals surface area contributed by atoms with Crippen molar-refractivity contribution in [2.45, 2.75) is 31.1 Å². The number of methoxy groups -OCH3 is 1. The van der Waals surface area contributed by atoms with Crippen LogP contribution in [0.15, 0.2) is 18.3 Å². The van der Waals surface area contributed by atoms with Gasteiger partial charge in [-0.1, -0.05) is 12.5 Å². The Hall–Kier alpha value is -1.58. The van der Waals surface area contributed by atoms with Crippen molar-refractivity contribution >= 4 is 5.97 Å². The lowest BCUT2D eigenvalue weighted by molar-refractivity contribution is -0.139. The summed E-state index contributed by atoms with van der Waals surface area (Å²) in [5, 5.41) is 8.93. The average molecular weight is 221 g/mol. The fourth-order valence-electron chi connectivity index (χ4n) is 2.28. The minimum absolute atomic E-state index is 0.189. The normalized spacial score (nSPS) is 17.6. The molecule has 0 atom stereocenters. The van der Waals surface area contributed by atoms with Gasteiger partial charge in [-0.05, 0) is 18.4 Å². The highest BCUT2D eigenvalue weighted by molar-refractivity contribution is 5.69. The highest BCUT2D eigenvalue weighted by Gasteiger charge is 2.40. The summed E-state index contributed by atoms with van der Waals surface area (Å²) in [5.74, 6) is -0.177. The lowest BCUT2D eigenvalue weighted by atomic mass is 9.63. The van der Waals surface area contributed by atoms with Gasteiger partial charge in [-0.2, -0.15) is 0 Å². The van der Waals surface area contributed by atoms with Gasteiger partial charge in [0.05, 0.1) is 13.5 Å². The third-order valence-electron chi connectivity index (χ3n) is 3.36. The molecule has 1 aromatic rings. The van der Waals surface area contributed by atoms with E-state index in [1.54, 1.807) is 19.4 Å². The van der Waals surface area contributed by atoms with Gasteiger partial charge in [0.1, 0.15) is 0 Å². The van der Waals surface area contributed by atoms with Gasteiger partial charge in [-0.3, -0.25) is 4.79 Å². The standard InChI is InChI=1S/C12H15NO3/c1-16-10-4-3-9(8-13-10)12(5-2-6-12)7-11(14)15/h3-4,8H,2,5-7H2,1H3,(H,14,15). The number of carbonyl (C=O) groups is 1. The van der Waals surface area contributed by atoms with Crippen molar-refractivity contribution in [2.24, 2.45) is 0 Å². The van der Waals surface area contributed by atoms with Gasteiger partial charge in [-0.15, -0.1) is 0 Å². The molecule has 4 heteroatoms. The zero-order valence-corrected chi connectivity index (χ0v) is 9.27. The number of ether oxygens (including phenoxy) is 1. The summed E-state index contributed by atoms with van der Waals surface area (Å²) in [7, 11) is 1.57. The molecule has 1 fully saturated rings. The van der Waals surface area contributed by atoms with Crippen LogP contribution in [-0.4, -0.2) is 23.2 Å². The summed E-state index contributed by atoms with van der Waals surface area (Å²) in [6, 6.07) is 3.71. The first-order valence-electron chi connectivity index (χ1n) is 5.39. The molecule has 0 unspecified atom stereocenters. The van der Waals surface area contributed by atoms with E-state index in [-0.39, 0.29) is 11.8 Å². The van der Waals surface area contributed by atoms with Crippen LogP contribution in [0.4, 0.5) is 0 Å². The second kappa shape index (κ2) is 4.12. The van der Waals surface area contributed by atoms with E-state index in [1.807, 2.05) is 6.07 Å². The van der Waals surface area contributed by atoms with Gasteiger partial charge in [0, 0.05) is 17.7 Å². The topological polar surface area (TPSA) is 59.4 Å². The lowest BCUT2D eigenvalue weighted by Crippen LogP contribution is -2.36. The Labute approximate surface area is 94.3 Å². The predicted octanol–water partition coefficient (Wildman–Crippen LogP) is 1.99. The number of carboxylic acid groups (broad SMARTS) is 1. The number of aromatic nitrogens is 1. The molecule has 1 saturated carbocycles. The minimum Gasteiger partial charge on any atom is -0.481 e. The van der Waals surface area contributed by atoms with Crippen LogP contribution in [-0.2, 0) is 10.2 Å². The number of hydrogen-bond donors (Lipinski definition) is 1. The van der Waals surface area contributed by atoms with Crippen LogP contribution in [0.2, 0.25) is 0 Å². The molecule has 0 radical (unpaired) electrons. The number of pyridine rings is 1. The molecule has 0 saturated heterocycles. The highest BCUT2D eigenvalue weighted by atomic mass is 16.5. The van der Waals surface area contributed by atoms with E-state index >= 15 is 0 Å². The van der Waals surface area contributed by atoms with Crippen LogP contribution in [0.25, 0.3) is 0 Å². The smallest absolute Gasteiger partial charge is 0.304 e. The van der Waals surface area contributed by atoms with Gasteiger partial charge in [0.25, 0.3) is 0 Å². The van der Waals surface area contributed by atoms with E-state index in [1.165, 1.54) is 0 Å². The number of nitrogens with zero attached hydrogens (tertiary/aromatic N) is 1. The maximum atomic E-state index is 10.9. The molecule has 0 bridgehead atoms. The molecular formula is C12H15NO3. The molecule has 0 amide bonds. The quantitative estimate of drug-likeness (QED) is 0.844. The monoisotopic (exact) mass is 221 g/mol. The molecule has 1 aliphatic carbocycles. The molecule has 2 rings (SSSR count). The number of carboxylic acids is 1. The van der Waals surface area contributed by atoms with Crippen molar-refractivity contribution in [3.63, 3.8) is 0 Å². The van der Waals surface area contributed by atoms with Crippen LogP contribution < -0.4 is 4.74 Å². The van der Waals surface area contributed by atoms with Crippen molar-refractivity contribution < 1.29 is 14.6 Å². The van der Waals surface area contributed by atoms with Crippen LogP contribution in [0.3, 0.4) is 0 Å². The second-order valence-corrected chi connectivity index (χ2v) is 4.29. The summed E-state index contributed by atoms with van der Waals surface area (Å²) in [6.07, 6.45) is 4.90. The SMILES string of the molecule is COc1ccc(C2(CC(=O)O)CCC2)cn1. The Bertz CT molecular complexity index is 382. The zero-order chi connectivity index (χ0) is 11.6. The van der Waals surface area contributed by atoms with Crippen molar-refractivity contribution in [3.8, 4) is 5.88 Å². The summed E-state index contributed by atoms with van der Waals surface area (Å²) < 4.78 is 4.99. The first-order chi connectivity index (χ1) is 7.66. The Morgan fingerprint density at radius 1 is 1.56 bits per heavy atom. The molecule has 0 aromatic carbocycles. The molecule has 86 valence electrons. The summed E-state index contributed by atoms with van der Waals surface area (Å²) in [4.78, 5) is 15.0. The maximum absolute atomic E-state index is 10.9. The summed E-state index contributed by atoms with van der Waals surface area (Å²) >= 11 is 0. The first kappa shape index (κ1) is 10.9. The molecule has 1 heterocycles. The van der Waals surface area contributed by atoms with E-state index < -0.39 is 5.97 Å². The van der Waals surface area contributed by atoms with Gasteiger partial charge >= 0.3 is 5.97 Å². The highest BCUT2D eigenvalue weighted by Crippen LogP contribution is 2.46. The fraction of sp³-hybridized carbons (Fsp3) is 0.500. The van der Waals surface area contributed by atoms with Crippen molar-refractivity contribution in [2.75, 3.05) is 7.11 Å². The predicted molar refractivity (Wildman–Crippen MR) is 58.6 cm³/mol. The van der Waals surface area contributed by atoms with E-state index in [0.717, 1.165) is 24.8 Å². The number of aliphatic carboxylic acids is 1.